The quantitative estimate of drug-likeness (QED) is 0.301. The van der Waals surface area contributed by atoms with Gasteiger partial charge in [-0.2, -0.15) is 0 Å². The van der Waals surface area contributed by atoms with Crippen molar-refractivity contribution in [3.05, 3.63) is 0 Å². The van der Waals surface area contributed by atoms with Crippen molar-refractivity contribution in [1.29, 1.82) is 0 Å². The van der Waals surface area contributed by atoms with Gasteiger partial charge in [0.1, 0.15) is 11.6 Å². The monoisotopic (exact) mass is 471 g/mol. The van der Waals surface area contributed by atoms with Crippen molar-refractivity contribution in [2.45, 2.75) is 83.8 Å². The van der Waals surface area contributed by atoms with E-state index in [1.165, 1.54) is 6.92 Å². The number of carbonyl (C=O) groups excluding carboxylic acids is 5. The van der Waals surface area contributed by atoms with Crippen LogP contribution in [0.15, 0.2) is 0 Å². The maximum absolute atomic E-state index is 12.3. The standard InChI is InChI=1S/C19H32N3O5.Y/c1-5-14(20-4)11-18(26)22-16(9-13(3)24)12-19(27)21-15(7-8-23)10-17(25)6-2;/h14-16,20H,5-7,9-12H2,1-4H3,(H,21,27)(H,22,26);/q-1;. The van der Waals surface area contributed by atoms with Crippen LogP contribution in [0.3, 0.4) is 0 Å². The molecule has 157 valence electrons. The van der Waals surface area contributed by atoms with Gasteiger partial charge in [0.25, 0.3) is 0 Å². The van der Waals surface area contributed by atoms with Gasteiger partial charge in [0.05, 0.1) is 0 Å². The van der Waals surface area contributed by atoms with E-state index < -0.39 is 18.0 Å². The summed E-state index contributed by atoms with van der Waals surface area (Å²) in [4.78, 5) is 58.1. The minimum atomic E-state index is -0.632. The molecule has 0 aliphatic rings. The fourth-order valence-electron chi connectivity index (χ4n) is 2.69. The molecular weight excluding hydrogens is 439 g/mol. The van der Waals surface area contributed by atoms with E-state index in [2.05, 4.69) is 16.0 Å². The van der Waals surface area contributed by atoms with Gasteiger partial charge in [0.2, 0.25) is 11.8 Å². The molecular formula is C19H32N3O5Y-. The first-order valence-electron chi connectivity index (χ1n) is 9.37. The Morgan fingerprint density at radius 2 is 1.39 bits per heavy atom. The first-order chi connectivity index (χ1) is 12.7. The molecule has 0 aliphatic heterocycles. The number of nitrogens with one attached hydrogen (secondary N) is 3. The molecule has 0 bridgehead atoms. The van der Waals surface area contributed by atoms with Crippen LogP contribution in [-0.2, 0) is 56.7 Å². The van der Waals surface area contributed by atoms with Gasteiger partial charge in [-0.1, -0.05) is 13.8 Å². The Morgan fingerprint density at radius 3 is 1.82 bits per heavy atom. The second-order valence-electron chi connectivity index (χ2n) is 6.68. The molecule has 8 nitrogen and oxygen atoms in total. The molecule has 0 saturated carbocycles. The molecule has 0 aliphatic carbocycles. The van der Waals surface area contributed by atoms with Gasteiger partial charge in [-0.3, -0.25) is 25.5 Å². The third kappa shape index (κ3) is 14.1. The third-order valence-corrected chi connectivity index (χ3v) is 4.23. The molecule has 28 heavy (non-hydrogen) atoms. The Morgan fingerprint density at radius 1 is 0.857 bits per heavy atom. The smallest absolute Gasteiger partial charge is 0.222 e. The van der Waals surface area contributed by atoms with E-state index in [-0.39, 0.29) is 88.3 Å². The van der Waals surface area contributed by atoms with Gasteiger partial charge >= 0.3 is 0 Å². The van der Waals surface area contributed by atoms with Gasteiger partial charge in [-0.15, -0.1) is 6.42 Å². The average Bonchev–Trinajstić information content (AvgIpc) is 2.58. The summed E-state index contributed by atoms with van der Waals surface area (Å²) < 4.78 is 0. The van der Waals surface area contributed by atoms with Crippen LogP contribution in [0, 0.1) is 0 Å². The first kappa shape index (κ1) is 29.2. The molecule has 0 heterocycles. The predicted octanol–water partition coefficient (Wildman–Crippen LogP) is 0.580. The van der Waals surface area contributed by atoms with Crippen LogP contribution in [0.25, 0.3) is 0 Å². The largest absolute Gasteiger partial charge is 0.542 e. The van der Waals surface area contributed by atoms with Crippen LogP contribution in [0.2, 0.25) is 0 Å². The third-order valence-electron chi connectivity index (χ3n) is 4.23. The van der Waals surface area contributed by atoms with Crippen molar-refractivity contribution < 1.29 is 56.7 Å². The van der Waals surface area contributed by atoms with Crippen molar-refractivity contribution in [2.75, 3.05) is 7.05 Å². The number of ketones is 2. The number of amides is 2. The molecule has 0 aromatic carbocycles. The van der Waals surface area contributed by atoms with E-state index in [9.17, 15) is 24.0 Å². The van der Waals surface area contributed by atoms with Gasteiger partial charge in [-0.25, -0.2) is 0 Å². The van der Waals surface area contributed by atoms with Crippen LogP contribution in [0.1, 0.15) is 65.7 Å². The van der Waals surface area contributed by atoms with Crippen molar-refractivity contribution in [3.8, 4) is 0 Å². The van der Waals surface area contributed by atoms with Crippen LogP contribution in [-0.4, -0.2) is 54.8 Å². The van der Waals surface area contributed by atoms with Crippen LogP contribution in [0.4, 0.5) is 0 Å². The molecule has 0 rings (SSSR count). The molecule has 3 unspecified atom stereocenters. The van der Waals surface area contributed by atoms with Crippen molar-refractivity contribution in [1.82, 2.24) is 16.0 Å². The number of hydrogen-bond donors (Lipinski definition) is 3. The minimum absolute atomic E-state index is 0. The zero-order valence-corrected chi connectivity index (χ0v) is 20.1. The van der Waals surface area contributed by atoms with E-state index in [1.54, 1.807) is 20.3 Å². The summed E-state index contributed by atoms with van der Waals surface area (Å²) in [5.41, 5.74) is 0. The summed E-state index contributed by atoms with van der Waals surface area (Å²) in [5, 5.41) is 8.38. The summed E-state index contributed by atoms with van der Waals surface area (Å²) in [6.45, 7) is 5.05. The van der Waals surface area contributed by atoms with Gasteiger partial charge < -0.3 is 20.7 Å². The fourth-order valence-corrected chi connectivity index (χ4v) is 2.69. The topological polar surface area (TPSA) is 121 Å². The van der Waals surface area contributed by atoms with Gasteiger partial charge in [-0.05, 0) is 20.4 Å². The maximum atomic E-state index is 12.3. The second-order valence-corrected chi connectivity index (χ2v) is 6.68. The molecule has 3 N–H and O–H groups in total. The van der Waals surface area contributed by atoms with E-state index in [0.29, 0.717) is 6.42 Å². The summed E-state index contributed by atoms with van der Waals surface area (Å²) in [7, 11) is 1.77. The van der Waals surface area contributed by atoms with E-state index in [4.69, 9.17) is 0 Å². The van der Waals surface area contributed by atoms with E-state index >= 15 is 0 Å². The fraction of sp³-hybridized carbons (Fsp3) is 0.737. The summed E-state index contributed by atoms with van der Waals surface area (Å²) in [6.07, 6.45) is 2.96. The molecule has 0 fully saturated rings. The van der Waals surface area contributed by atoms with Crippen LogP contribution in [0.5, 0.6) is 0 Å². The van der Waals surface area contributed by atoms with Gasteiger partial charge in [0, 0.05) is 82.9 Å². The molecule has 3 atom stereocenters. The maximum Gasteiger partial charge on any atom is 0.222 e. The SMILES string of the molecule is CCC(=O)CC(C[C-]=O)NC(=O)CC(CC(C)=O)NC(=O)CC(CC)NC.[Y]. The second kappa shape index (κ2) is 16.9. The number of hydrogen-bond acceptors (Lipinski definition) is 6. The molecule has 1 radical (unpaired) electrons. The molecule has 2 amide bonds. The number of Topliss-reactive ketones (excluding diaryl/α,β-unsaturated/α-hetero) is 2. The predicted molar refractivity (Wildman–Crippen MR) is 102 cm³/mol. The van der Waals surface area contributed by atoms with E-state index in [0.717, 1.165) is 6.42 Å². The van der Waals surface area contributed by atoms with Gasteiger partial charge in [0.15, 0.2) is 0 Å². The molecule has 0 saturated heterocycles. The molecule has 9 heteroatoms. The molecule has 0 aromatic rings. The van der Waals surface area contributed by atoms with Crippen molar-refractivity contribution in [3.63, 3.8) is 0 Å². The Balaban J connectivity index is 0. The minimum Gasteiger partial charge on any atom is -0.542 e. The Labute approximate surface area is 192 Å². The zero-order chi connectivity index (χ0) is 20.8. The van der Waals surface area contributed by atoms with E-state index in [1.807, 2.05) is 6.92 Å². The Bertz CT molecular complexity index is 524. The van der Waals surface area contributed by atoms with Crippen LogP contribution >= 0.6 is 0 Å². The van der Waals surface area contributed by atoms with Crippen LogP contribution < -0.4 is 16.0 Å². The average molecular weight is 471 g/mol. The molecule has 0 spiro atoms. The molecule has 0 aromatic heterocycles. The Hall–Kier alpha value is -0.986. The zero-order valence-electron chi connectivity index (χ0n) is 17.3. The number of rotatable bonds is 15. The number of carbonyl (C=O) groups is 4. The summed E-state index contributed by atoms with van der Waals surface area (Å²) >= 11 is 0. The summed E-state index contributed by atoms with van der Waals surface area (Å²) in [6, 6.07) is -1.23. The first-order valence-corrected chi connectivity index (χ1v) is 9.37. The Kier molecular flexibility index (Phi) is 17.7. The van der Waals surface area contributed by atoms with Crippen molar-refractivity contribution >= 4 is 29.7 Å². The normalized spacial score (nSPS) is 13.4. The van der Waals surface area contributed by atoms with Crippen molar-refractivity contribution in [2.24, 2.45) is 0 Å². The summed E-state index contributed by atoms with van der Waals surface area (Å²) in [5.74, 6) is -0.880.